The fourth-order valence-corrected chi connectivity index (χ4v) is 3.16. The van der Waals surface area contributed by atoms with Gasteiger partial charge in [-0.3, -0.25) is 4.79 Å². The molecule has 0 aliphatic rings. The normalized spacial score (nSPS) is 10.8. The van der Waals surface area contributed by atoms with Gasteiger partial charge in [-0.2, -0.15) is 5.10 Å². The second-order valence-corrected chi connectivity index (χ2v) is 7.76. The fourth-order valence-electron chi connectivity index (χ4n) is 2.57. The standard InChI is InChI=1S/C23H19Cl3N2O4/c1-30-22-10-16(4-8-21(22)31-13-15-2-5-17(24)6-3-15)12-27-28-23(29)14-32-20-9-7-18(25)11-19(20)26/h2-12H,13-14H2,1H3,(H,28,29)/b27-12+. The molecule has 0 bridgehead atoms. The first-order valence-electron chi connectivity index (χ1n) is 9.39. The maximum Gasteiger partial charge on any atom is 0.277 e. The summed E-state index contributed by atoms with van der Waals surface area (Å²) in [5.74, 6) is 1.03. The molecule has 0 heterocycles. The zero-order chi connectivity index (χ0) is 22.9. The molecule has 6 nitrogen and oxygen atoms in total. The minimum absolute atomic E-state index is 0.251. The fraction of sp³-hybridized carbons (Fsp3) is 0.130. The van der Waals surface area contributed by atoms with E-state index in [9.17, 15) is 4.79 Å². The number of nitrogens with zero attached hydrogens (tertiary/aromatic N) is 1. The van der Waals surface area contributed by atoms with Crippen molar-refractivity contribution in [1.82, 2.24) is 5.43 Å². The molecule has 1 N–H and O–H groups in total. The van der Waals surface area contributed by atoms with E-state index in [4.69, 9.17) is 49.0 Å². The number of hydrazone groups is 1. The van der Waals surface area contributed by atoms with Crippen molar-refractivity contribution in [3.8, 4) is 17.2 Å². The van der Waals surface area contributed by atoms with Crippen LogP contribution in [0.25, 0.3) is 0 Å². The lowest BCUT2D eigenvalue weighted by Crippen LogP contribution is -2.24. The Hall–Kier alpha value is -2.93. The van der Waals surface area contributed by atoms with Crippen molar-refractivity contribution in [1.29, 1.82) is 0 Å². The van der Waals surface area contributed by atoms with E-state index in [1.807, 2.05) is 12.1 Å². The van der Waals surface area contributed by atoms with Crippen LogP contribution in [0.2, 0.25) is 15.1 Å². The lowest BCUT2D eigenvalue weighted by Gasteiger charge is -2.11. The summed E-state index contributed by atoms with van der Waals surface area (Å²) in [5, 5.41) is 5.40. The molecule has 0 saturated carbocycles. The van der Waals surface area contributed by atoms with E-state index in [0.29, 0.717) is 44.5 Å². The molecule has 0 radical (unpaired) electrons. The Labute approximate surface area is 200 Å². The molecule has 3 aromatic rings. The number of rotatable bonds is 9. The molecule has 166 valence electrons. The molecule has 0 saturated heterocycles. The number of hydrogen-bond donors (Lipinski definition) is 1. The van der Waals surface area contributed by atoms with Crippen molar-refractivity contribution in [3.63, 3.8) is 0 Å². The van der Waals surface area contributed by atoms with Crippen LogP contribution in [0.5, 0.6) is 17.2 Å². The number of carbonyl (C=O) groups excluding carboxylic acids is 1. The molecule has 0 aromatic heterocycles. The van der Waals surface area contributed by atoms with Crippen LogP contribution in [0.4, 0.5) is 0 Å². The minimum Gasteiger partial charge on any atom is -0.493 e. The lowest BCUT2D eigenvalue weighted by atomic mass is 10.2. The van der Waals surface area contributed by atoms with Gasteiger partial charge in [0.25, 0.3) is 5.91 Å². The van der Waals surface area contributed by atoms with Gasteiger partial charge >= 0.3 is 0 Å². The average Bonchev–Trinajstić information content (AvgIpc) is 2.78. The van der Waals surface area contributed by atoms with Crippen LogP contribution in [-0.2, 0) is 11.4 Å². The van der Waals surface area contributed by atoms with Crippen LogP contribution in [0.1, 0.15) is 11.1 Å². The SMILES string of the molecule is COc1cc(/C=N/NC(=O)COc2ccc(Cl)cc2Cl)ccc1OCc1ccc(Cl)cc1. The van der Waals surface area contributed by atoms with Gasteiger partial charge in [0.1, 0.15) is 12.4 Å². The van der Waals surface area contributed by atoms with E-state index >= 15 is 0 Å². The summed E-state index contributed by atoms with van der Waals surface area (Å²) in [4.78, 5) is 11.9. The second kappa shape index (κ2) is 11.6. The van der Waals surface area contributed by atoms with E-state index < -0.39 is 5.91 Å². The van der Waals surface area contributed by atoms with Crippen molar-refractivity contribution in [2.75, 3.05) is 13.7 Å². The first-order chi connectivity index (χ1) is 15.4. The molecule has 0 fully saturated rings. The van der Waals surface area contributed by atoms with E-state index in [1.165, 1.54) is 12.3 Å². The third-order valence-corrected chi connectivity index (χ3v) is 4.93. The van der Waals surface area contributed by atoms with Crippen LogP contribution in [0, 0.1) is 0 Å². The van der Waals surface area contributed by atoms with Crippen molar-refractivity contribution >= 4 is 46.9 Å². The Morgan fingerprint density at radius 3 is 2.34 bits per heavy atom. The van der Waals surface area contributed by atoms with Gasteiger partial charge in [-0.05, 0) is 59.7 Å². The van der Waals surface area contributed by atoms with Crippen molar-refractivity contribution in [3.05, 3.63) is 86.9 Å². The van der Waals surface area contributed by atoms with Gasteiger partial charge in [0, 0.05) is 10.0 Å². The van der Waals surface area contributed by atoms with Crippen molar-refractivity contribution in [2.24, 2.45) is 5.10 Å². The quantitative estimate of drug-likeness (QED) is 0.304. The van der Waals surface area contributed by atoms with Gasteiger partial charge in [0.15, 0.2) is 18.1 Å². The first kappa shape index (κ1) is 23.7. The highest BCUT2D eigenvalue weighted by molar-refractivity contribution is 6.35. The Morgan fingerprint density at radius 2 is 1.62 bits per heavy atom. The second-order valence-electron chi connectivity index (χ2n) is 6.48. The van der Waals surface area contributed by atoms with E-state index in [1.54, 1.807) is 49.6 Å². The number of methoxy groups -OCH3 is 1. The van der Waals surface area contributed by atoms with Crippen molar-refractivity contribution in [2.45, 2.75) is 6.61 Å². The molecule has 32 heavy (non-hydrogen) atoms. The summed E-state index contributed by atoms with van der Waals surface area (Å²) in [6, 6.07) is 17.4. The smallest absolute Gasteiger partial charge is 0.277 e. The molecule has 0 aliphatic carbocycles. The Morgan fingerprint density at radius 1 is 0.906 bits per heavy atom. The molecule has 9 heteroatoms. The number of amides is 1. The monoisotopic (exact) mass is 492 g/mol. The molecule has 0 unspecified atom stereocenters. The Bertz CT molecular complexity index is 1100. The highest BCUT2D eigenvalue weighted by atomic mass is 35.5. The Kier molecular flexibility index (Phi) is 8.62. The number of carbonyl (C=O) groups is 1. The third-order valence-electron chi connectivity index (χ3n) is 4.15. The number of ether oxygens (including phenoxy) is 3. The predicted molar refractivity (Wildman–Crippen MR) is 126 cm³/mol. The van der Waals surface area contributed by atoms with Crippen LogP contribution in [0.15, 0.2) is 65.8 Å². The van der Waals surface area contributed by atoms with E-state index in [-0.39, 0.29) is 6.61 Å². The summed E-state index contributed by atoms with van der Waals surface area (Å²) in [6.07, 6.45) is 1.48. The first-order valence-corrected chi connectivity index (χ1v) is 10.5. The van der Waals surface area contributed by atoms with E-state index in [2.05, 4.69) is 10.5 Å². The maximum atomic E-state index is 11.9. The molecular weight excluding hydrogens is 475 g/mol. The lowest BCUT2D eigenvalue weighted by molar-refractivity contribution is -0.123. The molecular formula is C23H19Cl3N2O4. The number of nitrogens with one attached hydrogen (secondary N) is 1. The van der Waals surface area contributed by atoms with Crippen LogP contribution >= 0.6 is 34.8 Å². The van der Waals surface area contributed by atoms with Crippen LogP contribution in [-0.4, -0.2) is 25.8 Å². The highest BCUT2D eigenvalue weighted by Gasteiger charge is 2.07. The highest BCUT2D eigenvalue weighted by Crippen LogP contribution is 2.29. The summed E-state index contributed by atoms with van der Waals surface area (Å²) in [7, 11) is 1.55. The summed E-state index contributed by atoms with van der Waals surface area (Å²) in [5.41, 5.74) is 4.08. The summed E-state index contributed by atoms with van der Waals surface area (Å²) in [6.45, 7) is 0.119. The summed E-state index contributed by atoms with van der Waals surface area (Å²) >= 11 is 17.7. The number of halogens is 3. The molecule has 1 amide bonds. The van der Waals surface area contributed by atoms with Crippen LogP contribution < -0.4 is 19.6 Å². The summed E-state index contributed by atoms with van der Waals surface area (Å²) < 4.78 is 16.6. The molecule has 0 atom stereocenters. The maximum absolute atomic E-state index is 11.9. The average molecular weight is 494 g/mol. The molecule has 3 aromatic carbocycles. The number of benzene rings is 3. The van der Waals surface area contributed by atoms with Gasteiger partial charge in [-0.15, -0.1) is 0 Å². The predicted octanol–water partition coefficient (Wildman–Crippen LogP) is 5.76. The molecule has 3 rings (SSSR count). The zero-order valence-corrected chi connectivity index (χ0v) is 19.2. The van der Waals surface area contributed by atoms with Gasteiger partial charge in [-0.1, -0.05) is 46.9 Å². The van der Waals surface area contributed by atoms with Gasteiger partial charge in [0.05, 0.1) is 18.3 Å². The molecule has 0 spiro atoms. The van der Waals surface area contributed by atoms with Crippen LogP contribution in [0.3, 0.4) is 0 Å². The van der Waals surface area contributed by atoms with Gasteiger partial charge < -0.3 is 14.2 Å². The van der Waals surface area contributed by atoms with Crippen molar-refractivity contribution < 1.29 is 19.0 Å². The largest absolute Gasteiger partial charge is 0.493 e. The Balaban J connectivity index is 1.52. The third kappa shape index (κ3) is 7.05. The zero-order valence-electron chi connectivity index (χ0n) is 17.0. The van der Waals surface area contributed by atoms with Gasteiger partial charge in [0.2, 0.25) is 0 Å². The molecule has 0 aliphatic heterocycles. The van der Waals surface area contributed by atoms with Gasteiger partial charge in [-0.25, -0.2) is 5.43 Å². The number of hydrogen-bond acceptors (Lipinski definition) is 5. The topological polar surface area (TPSA) is 69.2 Å². The minimum atomic E-state index is -0.442. The van der Waals surface area contributed by atoms with E-state index in [0.717, 1.165) is 5.56 Å².